The van der Waals surface area contributed by atoms with Crippen LogP contribution in [0.4, 0.5) is 0 Å². The minimum atomic E-state index is -3.43. The number of carbonyl (C=O) groups is 1. The summed E-state index contributed by atoms with van der Waals surface area (Å²) in [6.07, 6.45) is 0. The number of amides is 1. The Morgan fingerprint density at radius 1 is 0.970 bits per heavy atom. The molecule has 3 aromatic rings. The first kappa shape index (κ1) is 23.1. The van der Waals surface area contributed by atoms with Crippen molar-refractivity contribution in [2.45, 2.75) is 26.2 Å². The number of hydrogen-bond donors (Lipinski definition) is 0. The van der Waals surface area contributed by atoms with Gasteiger partial charge in [0, 0.05) is 26.2 Å². The van der Waals surface area contributed by atoms with Crippen LogP contribution in [0.3, 0.4) is 0 Å². The molecule has 1 aliphatic heterocycles. The van der Waals surface area contributed by atoms with Crippen molar-refractivity contribution in [3.63, 3.8) is 0 Å². The van der Waals surface area contributed by atoms with Crippen molar-refractivity contribution in [3.05, 3.63) is 88.9 Å². The molecule has 174 valence electrons. The third-order valence-electron chi connectivity index (χ3n) is 5.68. The van der Waals surface area contributed by atoms with Gasteiger partial charge in [0.25, 0.3) is 5.91 Å². The molecule has 0 bridgehead atoms. The zero-order valence-corrected chi connectivity index (χ0v) is 19.7. The number of furan rings is 1. The first-order valence-corrected chi connectivity index (χ1v) is 12.5. The fourth-order valence-electron chi connectivity index (χ4n) is 3.88. The summed E-state index contributed by atoms with van der Waals surface area (Å²) in [5, 5.41) is 0. The van der Waals surface area contributed by atoms with E-state index in [4.69, 9.17) is 9.15 Å². The number of aryl methyl sites for hydroxylation is 2. The number of ether oxygens (including phenoxy) is 1. The Hall–Kier alpha value is -3.10. The van der Waals surface area contributed by atoms with Crippen LogP contribution in [-0.2, 0) is 22.4 Å². The van der Waals surface area contributed by atoms with E-state index in [1.807, 2.05) is 50.2 Å². The summed E-state index contributed by atoms with van der Waals surface area (Å²) in [5.41, 5.74) is 2.96. The van der Waals surface area contributed by atoms with Crippen LogP contribution in [0.2, 0.25) is 0 Å². The number of sulfonamides is 1. The van der Waals surface area contributed by atoms with Gasteiger partial charge in [-0.2, -0.15) is 4.31 Å². The number of piperazine rings is 1. The molecule has 0 N–H and O–H groups in total. The van der Waals surface area contributed by atoms with Crippen LogP contribution < -0.4 is 4.74 Å². The SMILES string of the molecule is Cc1ccc(OCc2ccc(C(=O)N3CCN(S(=O)(=O)Cc4ccccc4)CC3)o2)c(C)c1. The summed E-state index contributed by atoms with van der Waals surface area (Å²) >= 11 is 0. The average Bonchev–Trinajstić information content (AvgIpc) is 3.27. The van der Waals surface area contributed by atoms with Crippen molar-refractivity contribution < 1.29 is 22.4 Å². The molecule has 0 aliphatic carbocycles. The average molecular weight is 469 g/mol. The first-order chi connectivity index (χ1) is 15.8. The molecule has 2 aromatic carbocycles. The molecule has 33 heavy (non-hydrogen) atoms. The van der Waals surface area contributed by atoms with Gasteiger partial charge >= 0.3 is 0 Å². The summed E-state index contributed by atoms with van der Waals surface area (Å²) < 4.78 is 38.4. The fraction of sp³-hybridized carbons (Fsp3) is 0.320. The summed E-state index contributed by atoms with van der Waals surface area (Å²) in [7, 11) is -3.43. The molecule has 1 amide bonds. The lowest BCUT2D eigenvalue weighted by atomic mass is 10.1. The molecule has 0 radical (unpaired) electrons. The number of hydrogen-bond acceptors (Lipinski definition) is 5. The van der Waals surface area contributed by atoms with E-state index in [0.29, 0.717) is 18.8 Å². The monoisotopic (exact) mass is 468 g/mol. The van der Waals surface area contributed by atoms with Crippen LogP contribution in [0.1, 0.15) is 33.0 Å². The van der Waals surface area contributed by atoms with Gasteiger partial charge in [-0.25, -0.2) is 8.42 Å². The van der Waals surface area contributed by atoms with E-state index in [2.05, 4.69) is 0 Å². The van der Waals surface area contributed by atoms with E-state index in [9.17, 15) is 13.2 Å². The van der Waals surface area contributed by atoms with Gasteiger partial charge in [-0.15, -0.1) is 0 Å². The van der Waals surface area contributed by atoms with Gasteiger partial charge in [-0.1, -0.05) is 48.0 Å². The van der Waals surface area contributed by atoms with Gasteiger partial charge in [0.05, 0.1) is 5.75 Å². The zero-order chi connectivity index (χ0) is 23.4. The van der Waals surface area contributed by atoms with Crippen LogP contribution in [-0.4, -0.2) is 49.7 Å². The molecule has 0 atom stereocenters. The van der Waals surface area contributed by atoms with E-state index < -0.39 is 10.0 Å². The molecule has 2 heterocycles. The number of rotatable bonds is 7. The Labute approximate surface area is 194 Å². The third-order valence-corrected chi connectivity index (χ3v) is 7.53. The third kappa shape index (κ3) is 5.64. The maximum Gasteiger partial charge on any atom is 0.289 e. The molecule has 1 fully saturated rings. The highest BCUT2D eigenvalue weighted by atomic mass is 32.2. The minimum absolute atomic E-state index is 0.0379. The molecule has 4 rings (SSSR count). The first-order valence-electron chi connectivity index (χ1n) is 10.9. The molecule has 7 nitrogen and oxygen atoms in total. The largest absolute Gasteiger partial charge is 0.485 e. The summed E-state index contributed by atoms with van der Waals surface area (Å²) in [5.74, 6) is 1.28. The number of benzene rings is 2. The zero-order valence-electron chi connectivity index (χ0n) is 18.9. The highest BCUT2D eigenvalue weighted by Gasteiger charge is 2.30. The Kier molecular flexibility index (Phi) is 6.85. The van der Waals surface area contributed by atoms with Gasteiger partial charge in [0.2, 0.25) is 10.0 Å². The van der Waals surface area contributed by atoms with Crippen molar-refractivity contribution in [2.75, 3.05) is 26.2 Å². The summed E-state index contributed by atoms with van der Waals surface area (Å²) in [6.45, 7) is 5.42. The van der Waals surface area contributed by atoms with E-state index >= 15 is 0 Å². The van der Waals surface area contributed by atoms with Crippen LogP contribution >= 0.6 is 0 Å². The van der Waals surface area contributed by atoms with Gasteiger partial charge < -0.3 is 14.1 Å². The van der Waals surface area contributed by atoms with Gasteiger partial charge in [-0.3, -0.25) is 4.79 Å². The second-order valence-electron chi connectivity index (χ2n) is 8.26. The van der Waals surface area contributed by atoms with Gasteiger partial charge in [0.15, 0.2) is 5.76 Å². The summed E-state index contributed by atoms with van der Waals surface area (Å²) in [6, 6.07) is 18.4. The molecule has 0 spiro atoms. The number of carbonyl (C=O) groups excluding carboxylic acids is 1. The van der Waals surface area contributed by atoms with E-state index in [-0.39, 0.29) is 37.1 Å². The van der Waals surface area contributed by atoms with Crippen LogP contribution in [0.25, 0.3) is 0 Å². The Balaban J connectivity index is 1.31. The van der Waals surface area contributed by atoms with Gasteiger partial charge in [-0.05, 0) is 43.2 Å². The summed E-state index contributed by atoms with van der Waals surface area (Å²) in [4.78, 5) is 14.5. The number of nitrogens with zero attached hydrogens (tertiary/aromatic N) is 2. The lowest BCUT2D eigenvalue weighted by molar-refractivity contribution is 0.0662. The molecule has 0 saturated carbocycles. The maximum atomic E-state index is 12.8. The lowest BCUT2D eigenvalue weighted by Crippen LogP contribution is -2.50. The normalized spacial score (nSPS) is 14.9. The van der Waals surface area contributed by atoms with E-state index in [1.54, 1.807) is 29.2 Å². The molecule has 8 heteroatoms. The molecule has 0 unspecified atom stereocenters. The topological polar surface area (TPSA) is 80.1 Å². The highest BCUT2D eigenvalue weighted by molar-refractivity contribution is 7.88. The quantitative estimate of drug-likeness (QED) is 0.527. The smallest absolute Gasteiger partial charge is 0.289 e. The fourth-order valence-corrected chi connectivity index (χ4v) is 5.40. The van der Waals surface area contributed by atoms with E-state index in [0.717, 1.165) is 16.9 Å². The predicted octanol–water partition coefficient (Wildman–Crippen LogP) is 3.76. The molecule has 1 aromatic heterocycles. The van der Waals surface area contributed by atoms with Gasteiger partial charge in [0.1, 0.15) is 18.1 Å². The Bertz CT molecular complexity index is 1210. The van der Waals surface area contributed by atoms with Crippen LogP contribution in [0.5, 0.6) is 5.75 Å². The van der Waals surface area contributed by atoms with Crippen LogP contribution in [0.15, 0.2) is 65.1 Å². The van der Waals surface area contributed by atoms with E-state index in [1.165, 1.54) is 9.87 Å². The molecular weight excluding hydrogens is 440 g/mol. The van der Waals surface area contributed by atoms with Crippen molar-refractivity contribution in [1.82, 2.24) is 9.21 Å². The second kappa shape index (κ2) is 9.80. The standard InChI is InChI=1S/C25H28N2O5S/c1-19-8-10-23(20(2)16-19)31-17-22-9-11-24(32-22)25(28)26-12-14-27(15-13-26)33(29,30)18-21-6-4-3-5-7-21/h3-11,16H,12-15,17-18H2,1-2H3. The molecule has 1 aliphatic rings. The molecule has 1 saturated heterocycles. The van der Waals surface area contributed by atoms with Crippen molar-refractivity contribution in [3.8, 4) is 5.75 Å². The van der Waals surface area contributed by atoms with Crippen molar-refractivity contribution in [1.29, 1.82) is 0 Å². The lowest BCUT2D eigenvalue weighted by Gasteiger charge is -2.33. The highest BCUT2D eigenvalue weighted by Crippen LogP contribution is 2.21. The second-order valence-corrected chi connectivity index (χ2v) is 10.2. The Morgan fingerprint density at radius 2 is 1.70 bits per heavy atom. The van der Waals surface area contributed by atoms with Crippen molar-refractivity contribution in [2.24, 2.45) is 0 Å². The van der Waals surface area contributed by atoms with Crippen molar-refractivity contribution >= 4 is 15.9 Å². The molecular formula is C25H28N2O5S. The minimum Gasteiger partial charge on any atom is -0.485 e. The maximum absolute atomic E-state index is 12.8. The predicted molar refractivity (Wildman–Crippen MR) is 125 cm³/mol. The Morgan fingerprint density at radius 3 is 2.39 bits per heavy atom. The van der Waals surface area contributed by atoms with Crippen LogP contribution in [0, 0.1) is 13.8 Å².